The molecule has 4 aromatic carbocycles. The predicted molar refractivity (Wildman–Crippen MR) is 166 cm³/mol. The van der Waals surface area contributed by atoms with Gasteiger partial charge in [-0.25, -0.2) is 0 Å². The number of amides is 1. The van der Waals surface area contributed by atoms with E-state index in [1.807, 2.05) is 43.3 Å². The minimum Gasteiger partial charge on any atom is -0.367 e. The molecule has 1 aliphatic rings. The van der Waals surface area contributed by atoms with Crippen LogP contribution in [-0.2, 0) is 16.8 Å². The monoisotopic (exact) mass is 536 g/mol. The predicted octanol–water partition coefficient (Wildman–Crippen LogP) is 7.48. The van der Waals surface area contributed by atoms with Gasteiger partial charge in [0.1, 0.15) is 5.54 Å². The van der Waals surface area contributed by atoms with Crippen molar-refractivity contribution in [2.75, 3.05) is 10.6 Å². The molecule has 5 nitrogen and oxygen atoms in total. The topological polar surface area (TPSA) is 77.9 Å². The number of pyridine rings is 1. The Labute approximate surface area is 240 Å². The molecule has 0 radical (unpaired) electrons. The first-order chi connectivity index (χ1) is 20.0. The number of nitrogens with zero attached hydrogens (tertiary/aromatic N) is 1. The lowest BCUT2D eigenvalue weighted by molar-refractivity contribution is -0.116. The highest BCUT2D eigenvalue weighted by Gasteiger charge is 2.37. The number of hydrogen-bond donors (Lipinski definition) is 3. The maximum Gasteiger partial charge on any atom is 0.224 e. The number of aromatic nitrogens is 1. The van der Waals surface area contributed by atoms with Gasteiger partial charge in [-0.2, -0.15) is 0 Å². The number of rotatable bonds is 7. The number of fused-ring (bicyclic) bond motifs is 1. The molecule has 5 aromatic rings. The van der Waals surface area contributed by atoms with Gasteiger partial charge in [-0.3, -0.25) is 15.2 Å². The largest absolute Gasteiger partial charge is 0.367 e. The normalized spacial score (nSPS) is 13.0. The first-order valence-corrected chi connectivity index (χ1v) is 14.0. The van der Waals surface area contributed by atoms with Gasteiger partial charge in [0.05, 0.1) is 5.71 Å². The molecule has 0 spiro atoms. The summed E-state index contributed by atoms with van der Waals surface area (Å²) >= 11 is 0. The Morgan fingerprint density at radius 2 is 1.39 bits per heavy atom. The first-order valence-electron chi connectivity index (χ1n) is 14.0. The molecule has 0 unspecified atom stereocenters. The second-order valence-electron chi connectivity index (χ2n) is 10.5. The van der Waals surface area contributed by atoms with Crippen molar-refractivity contribution in [2.45, 2.75) is 31.7 Å². The third-order valence-corrected chi connectivity index (χ3v) is 7.76. The van der Waals surface area contributed by atoms with E-state index in [4.69, 9.17) is 0 Å². The molecule has 202 valence electrons. The van der Waals surface area contributed by atoms with E-state index < -0.39 is 5.54 Å². The second kappa shape index (κ2) is 11.2. The van der Waals surface area contributed by atoms with Crippen molar-refractivity contribution in [1.29, 1.82) is 5.41 Å². The summed E-state index contributed by atoms with van der Waals surface area (Å²) in [6, 6.07) is 39.1. The number of benzene rings is 4. The summed E-state index contributed by atoms with van der Waals surface area (Å²) in [6.07, 6.45) is 3.77. The Bertz CT molecular complexity index is 1600. The lowest BCUT2D eigenvalue weighted by Gasteiger charge is -2.38. The molecule has 0 aliphatic carbocycles. The number of anilines is 2. The van der Waals surface area contributed by atoms with E-state index in [1.165, 1.54) is 0 Å². The van der Waals surface area contributed by atoms with Gasteiger partial charge >= 0.3 is 0 Å². The first kappa shape index (κ1) is 26.2. The highest BCUT2D eigenvalue weighted by Crippen LogP contribution is 2.42. The third kappa shape index (κ3) is 5.14. The molecule has 41 heavy (non-hydrogen) atoms. The summed E-state index contributed by atoms with van der Waals surface area (Å²) in [5.74, 6) is 0.0164. The van der Waals surface area contributed by atoms with Crippen molar-refractivity contribution >= 4 is 23.0 Å². The molecular weight excluding hydrogens is 504 g/mol. The second-order valence-corrected chi connectivity index (χ2v) is 10.5. The molecule has 0 saturated carbocycles. The van der Waals surface area contributed by atoms with E-state index in [2.05, 4.69) is 94.5 Å². The van der Waals surface area contributed by atoms with Crippen molar-refractivity contribution in [2.24, 2.45) is 0 Å². The van der Waals surface area contributed by atoms with Crippen molar-refractivity contribution < 1.29 is 4.79 Å². The maximum absolute atomic E-state index is 12.6. The van der Waals surface area contributed by atoms with Crippen LogP contribution >= 0.6 is 0 Å². The highest BCUT2D eigenvalue weighted by atomic mass is 16.1. The van der Waals surface area contributed by atoms with Gasteiger partial charge in [-0.05, 0) is 66.3 Å². The fraction of sp³-hybridized carbons (Fsp3) is 0.139. The Morgan fingerprint density at radius 3 is 1.95 bits per heavy atom. The molecule has 1 amide bonds. The summed E-state index contributed by atoms with van der Waals surface area (Å²) in [5.41, 5.74) is 7.83. The Morgan fingerprint density at radius 1 is 0.805 bits per heavy atom. The van der Waals surface area contributed by atoms with E-state index in [1.54, 1.807) is 6.20 Å². The smallest absolute Gasteiger partial charge is 0.224 e. The lowest BCUT2D eigenvalue weighted by atomic mass is 9.76. The van der Waals surface area contributed by atoms with Crippen LogP contribution in [0, 0.1) is 12.3 Å². The van der Waals surface area contributed by atoms with Crippen LogP contribution in [0.4, 0.5) is 11.4 Å². The SMILES string of the molecule is Cc1cc(C(=N)c2cc3c(cc2NC(c2ccccc2)(c2ccccc2)c2ccccc2)NC(=O)CCC3)ccn1. The quantitative estimate of drug-likeness (QED) is 0.149. The Hall–Kier alpha value is -5.03. The van der Waals surface area contributed by atoms with Crippen LogP contribution in [0.2, 0.25) is 0 Å². The van der Waals surface area contributed by atoms with Crippen LogP contribution in [0.5, 0.6) is 0 Å². The Balaban J connectivity index is 1.62. The molecule has 3 N–H and O–H groups in total. The van der Waals surface area contributed by atoms with Crippen molar-refractivity contribution in [1.82, 2.24) is 4.98 Å². The zero-order valence-electron chi connectivity index (χ0n) is 23.0. The average molecular weight is 537 g/mol. The molecule has 6 rings (SSSR count). The molecule has 5 heteroatoms. The van der Waals surface area contributed by atoms with Crippen LogP contribution in [0.25, 0.3) is 0 Å². The highest BCUT2D eigenvalue weighted by molar-refractivity contribution is 6.15. The lowest BCUT2D eigenvalue weighted by Crippen LogP contribution is -2.38. The van der Waals surface area contributed by atoms with Gasteiger partial charge < -0.3 is 10.6 Å². The van der Waals surface area contributed by atoms with E-state index in [0.717, 1.165) is 63.3 Å². The van der Waals surface area contributed by atoms with Crippen LogP contribution in [0.15, 0.2) is 121 Å². The third-order valence-electron chi connectivity index (χ3n) is 7.76. The molecule has 0 bridgehead atoms. The number of nitrogens with one attached hydrogen (secondary N) is 3. The minimum atomic E-state index is -0.782. The molecule has 0 fully saturated rings. The maximum atomic E-state index is 12.6. The van der Waals surface area contributed by atoms with Crippen LogP contribution in [0.3, 0.4) is 0 Å². The zero-order valence-corrected chi connectivity index (χ0v) is 23.0. The van der Waals surface area contributed by atoms with Gasteiger partial charge in [0.15, 0.2) is 0 Å². The number of carbonyl (C=O) groups excluding carboxylic acids is 1. The van der Waals surface area contributed by atoms with Gasteiger partial charge in [-0.15, -0.1) is 0 Å². The van der Waals surface area contributed by atoms with Crippen molar-refractivity contribution in [3.8, 4) is 0 Å². The van der Waals surface area contributed by atoms with E-state index in [9.17, 15) is 10.2 Å². The van der Waals surface area contributed by atoms with Crippen LogP contribution in [0.1, 0.15) is 51.9 Å². The Kier molecular flexibility index (Phi) is 7.17. The number of carbonyl (C=O) groups is 1. The van der Waals surface area contributed by atoms with Crippen molar-refractivity contribution in [3.63, 3.8) is 0 Å². The summed E-state index contributed by atoms with van der Waals surface area (Å²) < 4.78 is 0. The summed E-state index contributed by atoms with van der Waals surface area (Å²) in [4.78, 5) is 17.0. The van der Waals surface area contributed by atoms with Gasteiger partial charge in [0.25, 0.3) is 0 Å². The van der Waals surface area contributed by atoms with Crippen LogP contribution < -0.4 is 10.6 Å². The molecule has 2 heterocycles. The number of hydrogen-bond acceptors (Lipinski definition) is 4. The summed E-state index contributed by atoms with van der Waals surface area (Å²) in [7, 11) is 0. The van der Waals surface area contributed by atoms with E-state index in [-0.39, 0.29) is 5.91 Å². The van der Waals surface area contributed by atoms with Gasteiger partial charge in [0, 0.05) is 40.8 Å². The van der Waals surface area contributed by atoms with Gasteiger partial charge in [0.2, 0.25) is 5.91 Å². The molecule has 0 saturated heterocycles. The average Bonchev–Trinajstić information content (AvgIpc) is 3.20. The summed E-state index contributed by atoms with van der Waals surface area (Å²) in [5, 5.41) is 16.5. The molecule has 0 atom stereocenters. The van der Waals surface area contributed by atoms with Crippen LogP contribution in [-0.4, -0.2) is 16.6 Å². The standard InChI is InChI=1S/C36H32N4O/c1-25-22-27(20-21-38-25)35(37)31-23-26-12-11-19-34(41)39-32(26)24-33(31)40-36(28-13-5-2-6-14-28,29-15-7-3-8-16-29)30-17-9-4-10-18-30/h2-10,13-18,20-24,37,40H,11-12,19H2,1H3,(H,39,41). The van der Waals surface area contributed by atoms with Gasteiger partial charge in [-0.1, -0.05) is 91.0 Å². The van der Waals surface area contributed by atoms with Crippen molar-refractivity contribution in [3.05, 3.63) is 161 Å². The minimum absolute atomic E-state index is 0.0164. The number of aryl methyl sites for hydroxylation is 2. The fourth-order valence-electron chi connectivity index (χ4n) is 5.77. The van der Waals surface area contributed by atoms with E-state index >= 15 is 0 Å². The molecule has 1 aromatic heterocycles. The van der Waals surface area contributed by atoms with E-state index in [0.29, 0.717) is 12.1 Å². The molecular formula is C36H32N4O. The fourth-order valence-corrected chi connectivity index (χ4v) is 5.77. The summed E-state index contributed by atoms with van der Waals surface area (Å²) in [6.45, 7) is 1.94. The molecule has 1 aliphatic heterocycles. The zero-order chi connectivity index (χ0) is 28.2.